The van der Waals surface area contributed by atoms with E-state index in [2.05, 4.69) is 10.6 Å². The maximum absolute atomic E-state index is 12.8. The first kappa shape index (κ1) is 19.7. The zero-order chi connectivity index (χ0) is 20.1. The Morgan fingerprint density at radius 1 is 0.929 bits per heavy atom. The van der Waals surface area contributed by atoms with Gasteiger partial charge in [-0.25, -0.2) is 13.6 Å². The summed E-state index contributed by atoms with van der Waals surface area (Å²) >= 11 is 1.26. The molecule has 4 N–H and O–H groups in total. The number of primary sulfonamides is 1. The molecule has 1 atom stereocenters. The van der Waals surface area contributed by atoms with Crippen molar-refractivity contribution in [1.82, 2.24) is 5.32 Å². The second-order valence-electron chi connectivity index (χ2n) is 5.83. The normalized spacial score (nSPS) is 12.2. The fraction of sp³-hybridized carbons (Fsp3) is 0.0526. The third kappa shape index (κ3) is 4.83. The minimum Gasteiger partial charge on any atom is -0.359 e. The molecule has 9 heteroatoms. The Labute approximate surface area is 166 Å². The Bertz CT molecular complexity index is 1060. The van der Waals surface area contributed by atoms with Crippen LogP contribution >= 0.6 is 11.3 Å². The largest absolute Gasteiger partial charge is 0.359 e. The molecule has 0 aliphatic heterocycles. The van der Waals surface area contributed by atoms with E-state index in [1.807, 2.05) is 0 Å². The number of hydrogen-bond donors (Lipinski definition) is 3. The quantitative estimate of drug-likeness (QED) is 0.405. The first-order valence-corrected chi connectivity index (χ1v) is 10.6. The second-order valence-corrected chi connectivity index (χ2v) is 8.34. The van der Waals surface area contributed by atoms with Gasteiger partial charge in [0.05, 0.1) is 9.77 Å². The molecule has 0 fully saturated rings. The lowest BCUT2D eigenvalue weighted by molar-refractivity contribution is 0.0871. The SMILES string of the molecule is NS(=O)(=O)c1ccc(N[C@@H](NC(=O)c2ccccc2)C(=O)c2cccs2)cc1. The van der Waals surface area contributed by atoms with Crippen LogP contribution in [0.1, 0.15) is 20.0 Å². The van der Waals surface area contributed by atoms with Gasteiger partial charge in [-0.2, -0.15) is 0 Å². The molecule has 3 rings (SSSR count). The number of rotatable bonds is 7. The standard InChI is InChI=1S/C19H17N3O4S2/c20-28(25,26)15-10-8-14(9-11-15)21-18(17(23)16-7-4-12-27-16)22-19(24)13-5-2-1-3-6-13/h1-12,18,21H,(H,22,24)(H2,20,25,26)/t18-/m0/s1. The van der Waals surface area contributed by atoms with Crippen molar-refractivity contribution >= 4 is 38.7 Å². The number of benzene rings is 2. The third-order valence-electron chi connectivity index (χ3n) is 3.83. The monoisotopic (exact) mass is 415 g/mol. The summed E-state index contributed by atoms with van der Waals surface area (Å²) in [5, 5.41) is 12.5. The molecule has 0 spiro atoms. The van der Waals surface area contributed by atoms with Crippen molar-refractivity contribution in [1.29, 1.82) is 0 Å². The van der Waals surface area contributed by atoms with E-state index >= 15 is 0 Å². The van der Waals surface area contributed by atoms with Crippen LogP contribution in [0, 0.1) is 0 Å². The van der Waals surface area contributed by atoms with Gasteiger partial charge in [0.25, 0.3) is 5.91 Å². The maximum Gasteiger partial charge on any atom is 0.253 e. The second kappa shape index (κ2) is 8.34. The minimum atomic E-state index is -3.82. The Morgan fingerprint density at radius 2 is 1.61 bits per heavy atom. The predicted octanol–water partition coefficient (Wildman–Crippen LogP) is 2.45. The van der Waals surface area contributed by atoms with Crippen molar-refractivity contribution in [3.8, 4) is 0 Å². The summed E-state index contributed by atoms with van der Waals surface area (Å²) in [6.45, 7) is 0. The molecule has 28 heavy (non-hydrogen) atoms. The van der Waals surface area contributed by atoms with Crippen molar-refractivity contribution in [2.45, 2.75) is 11.1 Å². The molecule has 1 heterocycles. The average Bonchev–Trinajstić information content (AvgIpc) is 3.22. The Kier molecular flexibility index (Phi) is 5.88. The number of thiophene rings is 1. The highest BCUT2D eigenvalue weighted by Crippen LogP contribution is 2.17. The van der Waals surface area contributed by atoms with Crippen LogP contribution in [0.2, 0.25) is 0 Å². The summed E-state index contributed by atoms with van der Waals surface area (Å²) in [7, 11) is -3.82. The minimum absolute atomic E-state index is 0.0486. The van der Waals surface area contributed by atoms with Gasteiger partial charge in [-0.3, -0.25) is 9.59 Å². The molecule has 0 saturated carbocycles. The van der Waals surface area contributed by atoms with Gasteiger partial charge in [0.15, 0.2) is 6.17 Å². The molecule has 144 valence electrons. The molecule has 1 amide bonds. The first-order valence-electron chi connectivity index (χ1n) is 8.17. The van der Waals surface area contributed by atoms with Crippen LogP contribution in [0.4, 0.5) is 5.69 Å². The van der Waals surface area contributed by atoms with Gasteiger partial charge < -0.3 is 10.6 Å². The van der Waals surface area contributed by atoms with Gasteiger partial charge in [0.1, 0.15) is 0 Å². The van der Waals surface area contributed by atoms with E-state index in [4.69, 9.17) is 5.14 Å². The average molecular weight is 415 g/mol. The zero-order valence-corrected chi connectivity index (χ0v) is 16.2. The summed E-state index contributed by atoms with van der Waals surface area (Å²) in [4.78, 5) is 25.8. The summed E-state index contributed by atoms with van der Waals surface area (Å²) in [6.07, 6.45) is -1.04. The highest BCUT2D eigenvalue weighted by Gasteiger charge is 2.23. The number of amides is 1. The lowest BCUT2D eigenvalue weighted by Crippen LogP contribution is -2.46. The summed E-state index contributed by atoms with van der Waals surface area (Å²) in [5.41, 5.74) is 0.869. The molecule has 0 aliphatic rings. The number of carbonyl (C=O) groups is 2. The molecular formula is C19H17N3O4S2. The summed E-state index contributed by atoms with van der Waals surface area (Å²) < 4.78 is 22.8. The van der Waals surface area contributed by atoms with Gasteiger partial charge in [-0.1, -0.05) is 24.3 Å². The smallest absolute Gasteiger partial charge is 0.253 e. The van der Waals surface area contributed by atoms with Gasteiger partial charge in [-0.05, 0) is 47.8 Å². The number of nitrogens with one attached hydrogen (secondary N) is 2. The van der Waals surface area contributed by atoms with Crippen LogP contribution in [-0.2, 0) is 10.0 Å². The predicted molar refractivity (Wildman–Crippen MR) is 108 cm³/mol. The van der Waals surface area contributed by atoms with E-state index in [0.29, 0.717) is 16.1 Å². The van der Waals surface area contributed by atoms with E-state index in [1.165, 1.54) is 35.6 Å². The topological polar surface area (TPSA) is 118 Å². The van der Waals surface area contributed by atoms with Crippen molar-refractivity contribution in [2.75, 3.05) is 5.32 Å². The van der Waals surface area contributed by atoms with E-state index in [9.17, 15) is 18.0 Å². The van der Waals surface area contributed by atoms with Crippen molar-refractivity contribution in [3.05, 3.63) is 82.6 Å². The number of sulfonamides is 1. The van der Waals surface area contributed by atoms with Crippen molar-refractivity contribution in [3.63, 3.8) is 0 Å². The Morgan fingerprint density at radius 3 is 2.18 bits per heavy atom. The third-order valence-corrected chi connectivity index (χ3v) is 5.65. The molecule has 7 nitrogen and oxygen atoms in total. The number of hydrogen-bond acceptors (Lipinski definition) is 6. The van der Waals surface area contributed by atoms with Crippen molar-refractivity contribution in [2.24, 2.45) is 5.14 Å². The van der Waals surface area contributed by atoms with Gasteiger partial charge in [-0.15, -0.1) is 11.3 Å². The van der Waals surface area contributed by atoms with Gasteiger partial charge in [0.2, 0.25) is 15.8 Å². The van der Waals surface area contributed by atoms with Gasteiger partial charge in [0, 0.05) is 11.3 Å². The number of nitrogens with two attached hydrogens (primary N) is 1. The van der Waals surface area contributed by atoms with Crippen LogP contribution in [0.5, 0.6) is 0 Å². The molecule has 3 aromatic rings. The Hall–Kier alpha value is -3.01. The number of anilines is 1. The van der Waals surface area contributed by atoms with E-state index in [-0.39, 0.29) is 10.7 Å². The highest BCUT2D eigenvalue weighted by atomic mass is 32.2. The van der Waals surface area contributed by atoms with Crippen molar-refractivity contribution < 1.29 is 18.0 Å². The molecule has 0 aliphatic carbocycles. The lowest BCUT2D eigenvalue weighted by atomic mass is 10.2. The van der Waals surface area contributed by atoms with Crippen LogP contribution in [0.25, 0.3) is 0 Å². The van der Waals surface area contributed by atoms with Crippen LogP contribution in [-0.4, -0.2) is 26.3 Å². The summed E-state index contributed by atoms with van der Waals surface area (Å²) in [5.74, 6) is -0.723. The fourth-order valence-corrected chi connectivity index (χ4v) is 3.65. The van der Waals surface area contributed by atoms with Crippen LogP contribution in [0.3, 0.4) is 0 Å². The highest BCUT2D eigenvalue weighted by molar-refractivity contribution is 7.89. The van der Waals surface area contributed by atoms with Crippen LogP contribution < -0.4 is 15.8 Å². The van der Waals surface area contributed by atoms with E-state index in [0.717, 1.165) is 0 Å². The molecule has 0 saturated heterocycles. The number of ketones is 1. The van der Waals surface area contributed by atoms with Gasteiger partial charge >= 0.3 is 0 Å². The lowest BCUT2D eigenvalue weighted by Gasteiger charge is -2.20. The molecule has 0 radical (unpaired) electrons. The molecule has 0 bridgehead atoms. The molecule has 1 aromatic heterocycles. The molecular weight excluding hydrogens is 398 g/mol. The molecule has 0 unspecified atom stereocenters. The number of carbonyl (C=O) groups excluding carboxylic acids is 2. The fourth-order valence-electron chi connectivity index (χ4n) is 2.44. The molecule has 2 aromatic carbocycles. The van der Waals surface area contributed by atoms with E-state index < -0.39 is 22.1 Å². The maximum atomic E-state index is 12.8. The van der Waals surface area contributed by atoms with Crippen LogP contribution in [0.15, 0.2) is 77.0 Å². The first-order chi connectivity index (χ1) is 13.3. The number of Topliss-reactive ketones (excluding diaryl/α,β-unsaturated/α-hetero) is 1. The Balaban J connectivity index is 1.84. The zero-order valence-electron chi connectivity index (χ0n) is 14.5. The van der Waals surface area contributed by atoms with E-state index in [1.54, 1.807) is 47.8 Å². The summed E-state index contributed by atoms with van der Waals surface area (Å²) in [6, 6.07) is 17.5.